The molecule has 1 heterocycles. The molecule has 0 unspecified atom stereocenters. The van der Waals surface area contributed by atoms with Crippen LogP contribution < -0.4 is 16.8 Å². The van der Waals surface area contributed by atoms with Crippen molar-refractivity contribution >= 4 is 5.96 Å². The molecular weight excluding hydrogens is 128 g/mol. The lowest BCUT2D eigenvalue weighted by Crippen LogP contribution is -2.29. The summed E-state index contributed by atoms with van der Waals surface area (Å²) in [6.45, 7) is 1.83. The molecule has 4 nitrogen and oxygen atoms in total. The summed E-state index contributed by atoms with van der Waals surface area (Å²) in [4.78, 5) is 3.92. The first-order valence-electron chi connectivity index (χ1n) is 3.58. The molecule has 0 amide bonds. The van der Waals surface area contributed by atoms with E-state index in [0.29, 0.717) is 6.04 Å². The molecule has 1 aliphatic heterocycles. The van der Waals surface area contributed by atoms with E-state index in [1.165, 1.54) is 12.8 Å². The number of rotatable bonds is 2. The second-order valence-corrected chi connectivity index (χ2v) is 2.56. The number of hydrogen-bond acceptors (Lipinski definition) is 2. The molecular formula is C6H14N4. The molecule has 58 valence electrons. The van der Waals surface area contributed by atoms with Crippen molar-refractivity contribution in [1.82, 2.24) is 5.32 Å². The van der Waals surface area contributed by atoms with Gasteiger partial charge in [-0.3, -0.25) is 4.99 Å². The Bertz CT molecular complexity index is 122. The van der Waals surface area contributed by atoms with E-state index >= 15 is 0 Å². The molecule has 0 aromatic rings. The lowest BCUT2D eigenvalue weighted by molar-refractivity contribution is 0.617. The van der Waals surface area contributed by atoms with Crippen LogP contribution in [0.15, 0.2) is 4.99 Å². The Morgan fingerprint density at radius 2 is 2.40 bits per heavy atom. The van der Waals surface area contributed by atoms with E-state index in [0.717, 1.165) is 13.1 Å². The summed E-state index contributed by atoms with van der Waals surface area (Å²) < 4.78 is 0. The summed E-state index contributed by atoms with van der Waals surface area (Å²) in [7, 11) is 0. The number of aliphatic imine (C=N–C) groups is 1. The third-order valence-corrected chi connectivity index (χ3v) is 1.66. The summed E-state index contributed by atoms with van der Waals surface area (Å²) in [6.07, 6.45) is 2.43. The van der Waals surface area contributed by atoms with Gasteiger partial charge >= 0.3 is 0 Å². The van der Waals surface area contributed by atoms with E-state index in [1.54, 1.807) is 0 Å². The van der Waals surface area contributed by atoms with Crippen LogP contribution in [0.3, 0.4) is 0 Å². The molecule has 0 aromatic carbocycles. The molecule has 10 heavy (non-hydrogen) atoms. The van der Waals surface area contributed by atoms with Gasteiger partial charge in [0.2, 0.25) is 0 Å². The first-order valence-corrected chi connectivity index (χ1v) is 3.58. The largest absolute Gasteiger partial charge is 0.370 e. The van der Waals surface area contributed by atoms with Crippen LogP contribution in [0.25, 0.3) is 0 Å². The first-order chi connectivity index (χ1) is 4.79. The van der Waals surface area contributed by atoms with E-state index in [2.05, 4.69) is 10.3 Å². The Kier molecular flexibility index (Phi) is 2.50. The van der Waals surface area contributed by atoms with Crippen LogP contribution in [0.5, 0.6) is 0 Å². The van der Waals surface area contributed by atoms with Gasteiger partial charge in [0.15, 0.2) is 5.96 Å². The van der Waals surface area contributed by atoms with E-state index < -0.39 is 0 Å². The zero-order chi connectivity index (χ0) is 7.40. The van der Waals surface area contributed by atoms with E-state index in [4.69, 9.17) is 11.5 Å². The number of guanidine groups is 1. The number of hydrogen-bond donors (Lipinski definition) is 3. The Labute approximate surface area is 60.7 Å². The van der Waals surface area contributed by atoms with Crippen molar-refractivity contribution < 1.29 is 0 Å². The van der Waals surface area contributed by atoms with Gasteiger partial charge in [0.1, 0.15) is 0 Å². The quantitative estimate of drug-likeness (QED) is 0.342. The molecule has 1 saturated heterocycles. The summed E-state index contributed by atoms with van der Waals surface area (Å²) in [5.41, 5.74) is 10.3. The average molecular weight is 142 g/mol. The Morgan fingerprint density at radius 3 is 2.90 bits per heavy atom. The van der Waals surface area contributed by atoms with Gasteiger partial charge in [0.25, 0.3) is 0 Å². The maximum atomic E-state index is 5.17. The van der Waals surface area contributed by atoms with Gasteiger partial charge in [-0.1, -0.05) is 0 Å². The maximum absolute atomic E-state index is 5.17. The van der Waals surface area contributed by atoms with Crippen LogP contribution in [0.4, 0.5) is 0 Å². The predicted octanol–water partition coefficient (Wildman–Crippen LogP) is -0.988. The zero-order valence-electron chi connectivity index (χ0n) is 6.01. The van der Waals surface area contributed by atoms with Gasteiger partial charge in [-0.15, -0.1) is 0 Å². The monoisotopic (exact) mass is 142 g/mol. The molecule has 1 rings (SSSR count). The molecule has 0 aliphatic carbocycles. The zero-order valence-corrected chi connectivity index (χ0v) is 6.01. The van der Waals surface area contributed by atoms with Gasteiger partial charge in [-0.2, -0.15) is 0 Å². The molecule has 1 atom stereocenters. The van der Waals surface area contributed by atoms with E-state index in [9.17, 15) is 0 Å². The molecule has 0 saturated carbocycles. The van der Waals surface area contributed by atoms with Crippen molar-refractivity contribution in [2.45, 2.75) is 18.9 Å². The number of nitrogens with two attached hydrogens (primary N) is 2. The molecule has 4 heteroatoms. The van der Waals surface area contributed by atoms with Gasteiger partial charge in [0, 0.05) is 6.04 Å². The first kappa shape index (κ1) is 7.34. The summed E-state index contributed by atoms with van der Waals surface area (Å²) >= 11 is 0. The van der Waals surface area contributed by atoms with Crippen molar-refractivity contribution in [2.75, 3.05) is 13.1 Å². The minimum Gasteiger partial charge on any atom is -0.370 e. The van der Waals surface area contributed by atoms with Crippen molar-refractivity contribution in [3.63, 3.8) is 0 Å². The summed E-state index contributed by atoms with van der Waals surface area (Å²) in [5, 5.41) is 3.29. The highest BCUT2D eigenvalue weighted by atomic mass is 15.0. The Hall–Kier alpha value is -0.770. The third-order valence-electron chi connectivity index (χ3n) is 1.66. The fourth-order valence-corrected chi connectivity index (χ4v) is 1.13. The van der Waals surface area contributed by atoms with Crippen LogP contribution in [0.2, 0.25) is 0 Å². The summed E-state index contributed by atoms with van der Waals surface area (Å²) in [6, 6.07) is 0.502. The normalized spacial score (nSPS) is 24.6. The lowest BCUT2D eigenvalue weighted by Gasteiger charge is -2.04. The van der Waals surface area contributed by atoms with Crippen molar-refractivity contribution in [1.29, 1.82) is 0 Å². The molecule has 0 spiro atoms. The number of nitrogens with one attached hydrogen (secondary N) is 1. The predicted molar refractivity (Wildman–Crippen MR) is 41.7 cm³/mol. The average Bonchev–Trinajstić information content (AvgIpc) is 2.34. The topological polar surface area (TPSA) is 76.4 Å². The lowest BCUT2D eigenvalue weighted by atomic mass is 10.2. The molecule has 1 fully saturated rings. The van der Waals surface area contributed by atoms with Crippen LogP contribution in [-0.4, -0.2) is 25.1 Å². The minimum absolute atomic E-state index is 0.189. The van der Waals surface area contributed by atoms with Crippen LogP contribution in [0, 0.1) is 0 Å². The van der Waals surface area contributed by atoms with Crippen LogP contribution in [0.1, 0.15) is 12.8 Å². The molecule has 0 radical (unpaired) electrons. The molecule has 1 aliphatic rings. The maximum Gasteiger partial charge on any atom is 0.185 e. The molecule has 0 bridgehead atoms. The fourth-order valence-electron chi connectivity index (χ4n) is 1.13. The van der Waals surface area contributed by atoms with E-state index in [1.807, 2.05) is 0 Å². The standard InChI is InChI=1S/C6H14N4/c7-6(8)10-4-5-2-1-3-9-5/h5,9H,1-4H2,(H4,7,8,10)/t5-/m0/s1. The second-order valence-electron chi connectivity index (χ2n) is 2.56. The smallest absolute Gasteiger partial charge is 0.185 e. The van der Waals surface area contributed by atoms with Gasteiger partial charge in [-0.25, -0.2) is 0 Å². The Balaban J connectivity index is 2.18. The second kappa shape index (κ2) is 3.41. The van der Waals surface area contributed by atoms with Gasteiger partial charge in [0.05, 0.1) is 6.54 Å². The van der Waals surface area contributed by atoms with Crippen molar-refractivity contribution in [3.8, 4) is 0 Å². The van der Waals surface area contributed by atoms with E-state index in [-0.39, 0.29) is 5.96 Å². The fraction of sp³-hybridized carbons (Fsp3) is 0.833. The Morgan fingerprint density at radius 1 is 1.60 bits per heavy atom. The highest BCUT2D eigenvalue weighted by Crippen LogP contribution is 2.03. The third kappa shape index (κ3) is 2.23. The van der Waals surface area contributed by atoms with Crippen LogP contribution in [-0.2, 0) is 0 Å². The highest BCUT2D eigenvalue weighted by Gasteiger charge is 2.12. The minimum atomic E-state index is 0.189. The highest BCUT2D eigenvalue weighted by molar-refractivity contribution is 5.75. The van der Waals surface area contributed by atoms with Crippen molar-refractivity contribution in [3.05, 3.63) is 0 Å². The summed E-state index contributed by atoms with van der Waals surface area (Å²) in [5.74, 6) is 0.189. The SMILES string of the molecule is NC(N)=NC[C@@H]1CCCN1. The van der Waals surface area contributed by atoms with Crippen LogP contribution >= 0.6 is 0 Å². The van der Waals surface area contributed by atoms with Crippen molar-refractivity contribution in [2.24, 2.45) is 16.5 Å². The molecule has 0 aromatic heterocycles. The van der Waals surface area contributed by atoms with Gasteiger partial charge < -0.3 is 16.8 Å². The van der Waals surface area contributed by atoms with Gasteiger partial charge in [-0.05, 0) is 19.4 Å². The number of nitrogens with zero attached hydrogens (tertiary/aromatic N) is 1. The molecule has 5 N–H and O–H groups in total.